The van der Waals surface area contributed by atoms with Gasteiger partial charge in [0.1, 0.15) is 0 Å². The Morgan fingerprint density at radius 3 is 2.42 bits per heavy atom. The Balaban J connectivity index is 1.59. The summed E-state index contributed by atoms with van der Waals surface area (Å²) < 4.78 is 0. The summed E-state index contributed by atoms with van der Waals surface area (Å²) in [7, 11) is 4.26. The van der Waals surface area contributed by atoms with Crippen molar-refractivity contribution in [3.05, 3.63) is 48.0 Å². The first-order chi connectivity index (χ1) is 11.6. The molecule has 0 aliphatic carbocycles. The van der Waals surface area contributed by atoms with E-state index in [1.54, 1.807) is 0 Å². The molecule has 2 aromatic heterocycles. The molecule has 1 atom stereocenters. The summed E-state index contributed by atoms with van der Waals surface area (Å²) in [5.41, 5.74) is 2.20. The highest BCUT2D eigenvalue weighted by Gasteiger charge is 2.17. The summed E-state index contributed by atoms with van der Waals surface area (Å²) in [5, 5.41) is 0. The third-order valence-electron chi connectivity index (χ3n) is 4.69. The van der Waals surface area contributed by atoms with Crippen LogP contribution in [0.4, 0.5) is 5.95 Å². The van der Waals surface area contributed by atoms with Gasteiger partial charge in [-0.15, -0.1) is 0 Å². The van der Waals surface area contributed by atoms with Crippen molar-refractivity contribution >= 4 is 5.95 Å². The molecule has 128 valence electrons. The Kier molecular flexibility index (Phi) is 5.37. The number of hydrogen-bond acceptors (Lipinski definition) is 6. The van der Waals surface area contributed by atoms with E-state index in [-0.39, 0.29) is 6.04 Å². The number of aromatic nitrogens is 3. The molecule has 0 saturated carbocycles. The molecule has 3 heterocycles. The van der Waals surface area contributed by atoms with E-state index in [4.69, 9.17) is 0 Å². The van der Waals surface area contributed by atoms with Gasteiger partial charge in [0.25, 0.3) is 0 Å². The highest BCUT2D eigenvalue weighted by Crippen LogP contribution is 2.18. The number of piperazine rings is 1. The SMILES string of the molecule is C[C@@H](c1ccccn1)N(C)Cc1cnc(N2CCN(C)CC2)nc1. The Hall–Kier alpha value is -2.05. The maximum atomic E-state index is 4.57. The Labute approximate surface area is 144 Å². The lowest BCUT2D eigenvalue weighted by molar-refractivity contribution is 0.248. The number of hydrogen-bond donors (Lipinski definition) is 0. The van der Waals surface area contributed by atoms with Gasteiger partial charge in [0, 0.05) is 62.9 Å². The molecule has 24 heavy (non-hydrogen) atoms. The van der Waals surface area contributed by atoms with E-state index < -0.39 is 0 Å². The van der Waals surface area contributed by atoms with E-state index in [0.717, 1.165) is 49.9 Å². The molecule has 0 amide bonds. The second-order valence-corrected chi connectivity index (χ2v) is 6.53. The summed E-state index contributed by atoms with van der Waals surface area (Å²) in [6.45, 7) is 7.09. The lowest BCUT2D eigenvalue weighted by Crippen LogP contribution is -2.45. The van der Waals surface area contributed by atoms with Crippen LogP contribution in [0.2, 0.25) is 0 Å². The van der Waals surface area contributed by atoms with Crippen LogP contribution in [0.25, 0.3) is 0 Å². The van der Waals surface area contributed by atoms with Crippen molar-refractivity contribution in [2.45, 2.75) is 19.5 Å². The molecule has 0 bridgehead atoms. The minimum atomic E-state index is 0.253. The van der Waals surface area contributed by atoms with Gasteiger partial charge in [-0.25, -0.2) is 9.97 Å². The summed E-state index contributed by atoms with van der Waals surface area (Å²) in [6.07, 6.45) is 5.73. The minimum absolute atomic E-state index is 0.253. The van der Waals surface area contributed by atoms with Crippen LogP contribution in [-0.2, 0) is 6.54 Å². The molecule has 6 heteroatoms. The molecule has 1 fully saturated rings. The molecule has 1 aliphatic heterocycles. The fraction of sp³-hybridized carbons (Fsp3) is 0.500. The first kappa shape index (κ1) is 16.8. The van der Waals surface area contributed by atoms with Crippen molar-refractivity contribution in [2.75, 3.05) is 45.2 Å². The number of nitrogens with zero attached hydrogens (tertiary/aromatic N) is 6. The van der Waals surface area contributed by atoms with Gasteiger partial charge in [0.2, 0.25) is 5.95 Å². The van der Waals surface area contributed by atoms with Crippen LogP contribution in [0.3, 0.4) is 0 Å². The van der Waals surface area contributed by atoms with Crippen LogP contribution >= 0.6 is 0 Å². The smallest absolute Gasteiger partial charge is 0.225 e. The van der Waals surface area contributed by atoms with Crippen molar-refractivity contribution in [1.82, 2.24) is 24.8 Å². The van der Waals surface area contributed by atoms with Gasteiger partial charge in [-0.2, -0.15) is 0 Å². The highest BCUT2D eigenvalue weighted by molar-refractivity contribution is 5.30. The van der Waals surface area contributed by atoms with Crippen LogP contribution in [0.5, 0.6) is 0 Å². The average Bonchev–Trinajstić information content (AvgIpc) is 2.63. The molecule has 0 unspecified atom stereocenters. The molecule has 0 N–H and O–H groups in total. The third-order valence-corrected chi connectivity index (χ3v) is 4.69. The van der Waals surface area contributed by atoms with Crippen molar-refractivity contribution in [3.63, 3.8) is 0 Å². The molecular weight excluding hydrogens is 300 g/mol. The first-order valence-electron chi connectivity index (χ1n) is 8.49. The molecule has 3 rings (SSSR count). The van der Waals surface area contributed by atoms with Gasteiger partial charge in [-0.05, 0) is 33.2 Å². The van der Waals surface area contributed by atoms with Crippen LogP contribution in [0, 0.1) is 0 Å². The Morgan fingerprint density at radius 2 is 1.79 bits per heavy atom. The van der Waals surface area contributed by atoms with Crippen LogP contribution < -0.4 is 4.90 Å². The Morgan fingerprint density at radius 1 is 1.08 bits per heavy atom. The zero-order valence-corrected chi connectivity index (χ0v) is 14.8. The van der Waals surface area contributed by atoms with Gasteiger partial charge in [0.15, 0.2) is 0 Å². The molecule has 0 spiro atoms. The molecule has 6 nitrogen and oxygen atoms in total. The van der Waals surface area contributed by atoms with Crippen molar-refractivity contribution < 1.29 is 0 Å². The van der Waals surface area contributed by atoms with E-state index in [2.05, 4.69) is 56.7 Å². The van der Waals surface area contributed by atoms with Gasteiger partial charge in [0.05, 0.1) is 5.69 Å². The minimum Gasteiger partial charge on any atom is -0.338 e. The van der Waals surface area contributed by atoms with E-state index in [9.17, 15) is 0 Å². The predicted molar refractivity (Wildman–Crippen MR) is 95.9 cm³/mol. The number of pyridine rings is 1. The second kappa shape index (κ2) is 7.68. The number of anilines is 1. The van der Waals surface area contributed by atoms with Gasteiger partial charge in [-0.3, -0.25) is 9.88 Å². The molecule has 2 aromatic rings. The standard InChI is InChI=1S/C18H26N6/c1-15(17-6-4-5-7-19-17)23(3)14-16-12-20-18(21-13-16)24-10-8-22(2)9-11-24/h4-7,12-13,15H,8-11,14H2,1-3H3/t15-/m0/s1. The van der Waals surface area contributed by atoms with Gasteiger partial charge >= 0.3 is 0 Å². The summed E-state index contributed by atoms with van der Waals surface area (Å²) in [5.74, 6) is 0.840. The van der Waals surface area contributed by atoms with Crippen molar-refractivity contribution in [3.8, 4) is 0 Å². The maximum absolute atomic E-state index is 4.57. The van der Waals surface area contributed by atoms with Gasteiger partial charge < -0.3 is 9.80 Å². The summed E-state index contributed by atoms with van der Waals surface area (Å²) >= 11 is 0. The van der Waals surface area contributed by atoms with Crippen molar-refractivity contribution in [1.29, 1.82) is 0 Å². The summed E-state index contributed by atoms with van der Waals surface area (Å²) in [4.78, 5) is 20.4. The maximum Gasteiger partial charge on any atom is 0.225 e. The lowest BCUT2D eigenvalue weighted by Gasteiger charge is -2.32. The molecule has 1 saturated heterocycles. The van der Waals surface area contributed by atoms with Crippen LogP contribution in [0.15, 0.2) is 36.8 Å². The van der Waals surface area contributed by atoms with Crippen molar-refractivity contribution in [2.24, 2.45) is 0 Å². The van der Waals surface area contributed by atoms with E-state index >= 15 is 0 Å². The zero-order chi connectivity index (χ0) is 16.9. The first-order valence-corrected chi connectivity index (χ1v) is 8.49. The molecule has 0 aromatic carbocycles. The van der Waals surface area contributed by atoms with E-state index in [1.807, 2.05) is 30.7 Å². The number of likely N-dealkylation sites (N-methyl/N-ethyl adjacent to an activating group) is 1. The monoisotopic (exact) mass is 326 g/mol. The summed E-state index contributed by atoms with van der Waals surface area (Å²) in [6, 6.07) is 6.29. The third kappa shape index (κ3) is 4.07. The van der Waals surface area contributed by atoms with Crippen LogP contribution in [0.1, 0.15) is 24.2 Å². The topological polar surface area (TPSA) is 48.4 Å². The highest BCUT2D eigenvalue weighted by atomic mass is 15.3. The van der Waals surface area contributed by atoms with E-state index in [0.29, 0.717) is 0 Å². The average molecular weight is 326 g/mol. The molecule has 0 radical (unpaired) electrons. The normalized spacial score (nSPS) is 17.2. The van der Waals surface area contributed by atoms with Crippen LogP contribution in [-0.4, -0.2) is 65.0 Å². The molecular formula is C18H26N6. The predicted octanol–water partition coefficient (Wildman–Crippen LogP) is 1.82. The number of rotatable bonds is 5. The zero-order valence-electron chi connectivity index (χ0n) is 14.8. The van der Waals surface area contributed by atoms with Gasteiger partial charge in [-0.1, -0.05) is 6.07 Å². The fourth-order valence-corrected chi connectivity index (χ4v) is 2.87. The second-order valence-electron chi connectivity index (χ2n) is 6.53. The fourth-order valence-electron chi connectivity index (χ4n) is 2.87. The Bertz CT molecular complexity index is 622. The lowest BCUT2D eigenvalue weighted by atomic mass is 10.2. The molecule has 1 aliphatic rings. The quantitative estimate of drug-likeness (QED) is 0.835. The van der Waals surface area contributed by atoms with E-state index in [1.165, 1.54) is 0 Å². The largest absolute Gasteiger partial charge is 0.338 e.